The van der Waals surface area contributed by atoms with Crippen LogP contribution in [0.25, 0.3) is 0 Å². The van der Waals surface area contributed by atoms with Crippen LogP contribution < -0.4 is 4.74 Å². The summed E-state index contributed by atoms with van der Waals surface area (Å²) in [7, 11) is 0. The molecule has 0 radical (unpaired) electrons. The number of rotatable bonds is 6. The highest BCUT2D eigenvalue weighted by atomic mass is 19.1. The van der Waals surface area contributed by atoms with E-state index in [2.05, 4.69) is 18.0 Å². The molecule has 0 aromatic carbocycles. The van der Waals surface area contributed by atoms with Crippen molar-refractivity contribution < 1.29 is 9.13 Å². The Morgan fingerprint density at radius 3 is 3.05 bits per heavy atom. The Labute approximate surface area is 113 Å². The number of halogens is 1. The van der Waals surface area contributed by atoms with Gasteiger partial charge in [0.25, 0.3) is 0 Å². The highest BCUT2D eigenvalue weighted by Crippen LogP contribution is 2.50. The quantitative estimate of drug-likeness (QED) is 0.734. The molecule has 0 saturated heterocycles. The Kier molecular flexibility index (Phi) is 4.36. The summed E-state index contributed by atoms with van der Waals surface area (Å²) >= 11 is 0. The number of nitriles is 1. The Hall–Kier alpha value is -1.63. The van der Waals surface area contributed by atoms with Crippen molar-refractivity contribution in [3.8, 4) is 11.8 Å². The summed E-state index contributed by atoms with van der Waals surface area (Å²) in [6.07, 6.45) is 4.70. The zero-order valence-corrected chi connectivity index (χ0v) is 11.4. The standard InChI is InChI=1S/C15H19FN2O/c1-3-4-7-19-15-10(2)14(18-9-13(15)16)12-8-11(12)5-6-17/h9,11-12H,3-5,7-8H2,1-2H3. The lowest BCUT2D eigenvalue weighted by Gasteiger charge is -2.12. The van der Waals surface area contributed by atoms with E-state index in [1.165, 1.54) is 6.20 Å². The summed E-state index contributed by atoms with van der Waals surface area (Å²) in [4.78, 5) is 4.20. The molecule has 1 aliphatic rings. The van der Waals surface area contributed by atoms with Gasteiger partial charge in [0.2, 0.25) is 0 Å². The monoisotopic (exact) mass is 262 g/mol. The van der Waals surface area contributed by atoms with Crippen molar-refractivity contribution in [2.24, 2.45) is 5.92 Å². The molecule has 0 spiro atoms. The lowest BCUT2D eigenvalue weighted by Crippen LogP contribution is -2.04. The normalized spacial score (nSPS) is 20.9. The maximum Gasteiger partial charge on any atom is 0.183 e. The summed E-state index contributed by atoms with van der Waals surface area (Å²) < 4.78 is 19.3. The van der Waals surface area contributed by atoms with Crippen LogP contribution in [0.4, 0.5) is 4.39 Å². The molecule has 19 heavy (non-hydrogen) atoms. The fourth-order valence-electron chi connectivity index (χ4n) is 2.37. The minimum atomic E-state index is -0.394. The van der Waals surface area contributed by atoms with Crippen LogP contribution in [0.3, 0.4) is 0 Å². The van der Waals surface area contributed by atoms with Gasteiger partial charge in [-0.2, -0.15) is 5.26 Å². The van der Waals surface area contributed by atoms with Gasteiger partial charge < -0.3 is 4.74 Å². The predicted octanol–water partition coefficient (Wildman–Crippen LogP) is 3.73. The molecule has 1 aromatic rings. The molecule has 1 fully saturated rings. The molecule has 2 rings (SSSR count). The Bertz CT molecular complexity index is 496. The first-order valence-corrected chi connectivity index (χ1v) is 6.83. The van der Waals surface area contributed by atoms with Crippen LogP contribution in [-0.2, 0) is 0 Å². The van der Waals surface area contributed by atoms with Gasteiger partial charge in [-0.1, -0.05) is 13.3 Å². The predicted molar refractivity (Wildman–Crippen MR) is 70.4 cm³/mol. The van der Waals surface area contributed by atoms with Crippen molar-refractivity contribution >= 4 is 0 Å². The van der Waals surface area contributed by atoms with E-state index in [9.17, 15) is 4.39 Å². The number of pyridine rings is 1. The van der Waals surface area contributed by atoms with Crippen LogP contribution in [0.2, 0.25) is 0 Å². The number of hydrogen-bond acceptors (Lipinski definition) is 3. The van der Waals surface area contributed by atoms with E-state index in [4.69, 9.17) is 10.00 Å². The van der Waals surface area contributed by atoms with E-state index in [1.54, 1.807) is 0 Å². The number of unbranched alkanes of at least 4 members (excludes halogenated alkanes) is 1. The van der Waals surface area contributed by atoms with Crippen LogP contribution >= 0.6 is 0 Å². The Balaban J connectivity index is 2.14. The van der Waals surface area contributed by atoms with E-state index in [0.29, 0.717) is 30.6 Å². The second-order valence-electron chi connectivity index (χ2n) is 5.11. The number of nitrogens with zero attached hydrogens (tertiary/aromatic N) is 2. The average Bonchev–Trinajstić information content (AvgIpc) is 3.13. The first kappa shape index (κ1) is 13.8. The van der Waals surface area contributed by atoms with Crippen molar-refractivity contribution in [3.05, 3.63) is 23.3 Å². The molecule has 2 unspecified atom stereocenters. The van der Waals surface area contributed by atoms with Gasteiger partial charge in [-0.05, 0) is 25.7 Å². The maximum absolute atomic E-state index is 13.7. The third kappa shape index (κ3) is 3.04. The average molecular weight is 262 g/mol. The third-order valence-electron chi connectivity index (χ3n) is 3.63. The van der Waals surface area contributed by atoms with Gasteiger partial charge in [-0.15, -0.1) is 0 Å². The number of aromatic nitrogens is 1. The van der Waals surface area contributed by atoms with E-state index < -0.39 is 5.82 Å². The molecule has 102 valence electrons. The number of hydrogen-bond donors (Lipinski definition) is 0. The molecule has 0 N–H and O–H groups in total. The molecule has 0 aliphatic heterocycles. The van der Waals surface area contributed by atoms with Crippen LogP contribution in [0.15, 0.2) is 6.20 Å². The first-order valence-electron chi connectivity index (χ1n) is 6.83. The van der Waals surface area contributed by atoms with Gasteiger partial charge in [0, 0.05) is 17.9 Å². The van der Waals surface area contributed by atoms with Gasteiger partial charge >= 0.3 is 0 Å². The topological polar surface area (TPSA) is 45.9 Å². The van der Waals surface area contributed by atoms with Gasteiger partial charge in [0.05, 0.1) is 24.6 Å². The van der Waals surface area contributed by atoms with Gasteiger partial charge in [-0.25, -0.2) is 4.39 Å². The van der Waals surface area contributed by atoms with Crippen LogP contribution in [0, 0.1) is 30.0 Å². The van der Waals surface area contributed by atoms with Crippen molar-refractivity contribution in [2.75, 3.05) is 6.61 Å². The first-order chi connectivity index (χ1) is 9.19. The second kappa shape index (κ2) is 6.01. The Morgan fingerprint density at radius 2 is 2.37 bits per heavy atom. The van der Waals surface area contributed by atoms with E-state index >= 15 is 0 Å². The molecule has 2 atom stereocenters. The molecule has 3 nitrogen and oxygen atoms in total. The molecule has 1 aliphatic carbocycles. The van der Waals surface area contributed by atoms with Gasteiger partial charge in [0.15, 0.2) is 11.6 Å². The number of ether oxygens (including phenoxy) is 1. The lowest BCUT2D eigenvalue weighted by atomic mass is 10.1. The van der Waals surface area contributed by atoms with Crippen LogP contribution in [0.5, 0.6) is 5.75 Å². The highest BCUT2D eigenvalue weighted by molar-refractivity contribution is 5.39. The van der Waals surface area contributed by atoms with Crippen molar-refractivity contribution in [1.29, 1.82) is 5.26 Å². The molecule has 1 saturated carbocycles. The summed E-state index contributed by atoms with van der Waals surface area (Å²) in [5, 5.41) is 8.70. The fraction of sp³-hybridized carbons (Fsp3) is 0.600. The second-order valence-corrected chi connectivity index (χ2v) is 5.11. The van der Waals surface area contributed by atoms with Crippen LogP contribution in [0.1, 0.15) is 49.8 Å². The largest absolute Gasteiger partial charge is 0.490 e. The Morgan fingerprint density at radius 1 is 1.58 bits per heavy atom. The molecule has 0 bridgehead atoms. The summed E-state index contributed by atoms with van der Waals surface area (Å²) in [6.45, 7) is 4.46. The van der Waals surface area contributed by atoms with Crippen molar-refractivity contribution in [1.82, 2.24) is 4.98 Å². The molecule has 1 heterocycles. The van der Waals surface area contributed by atoms with E-state index in [0.717, 1.165) is 30.5 Å². The molecule has 0 amide bonds. The van der Waals surface area contributed by atoms with E-state index in [1.807, 2.05) is 6.92 Å². The summed E-state index contributed by atoms with van der Waals surface area (Å²) in [6, 6.07) is 2.18. The van der Waals surface area contributed by atoms with Crippen LogP contribution in [-0.4, -0.2) is 11.6 Å². The molecular formula is C15H19FN2O. The summed E-state index contributed by atoms with van der Waals surface area (Å²) in [5.41, 5.74) is 1.69. The van der Waals surface area contributed by atoms with Gasteiger partial charge in [-0.3, -0.25) is 4.98 Å². The lowest BCUT2D eigenvalue weighted by molar-refractivity contribution is 0.290. The molecule has 1 aromatic heterocycles. The maximum atomic E-state index is 13.7. The SMILES string of the molecule is CCCCOc1c(F)cnc(C2CC2CC#N)c1C. The minimum Gasteiger partial charge on any atom is -0.490 e. The van der Waals surface area contributed by atoms with Crippen molar-refractivity contribution in [3.63, 3.8) is 0 Å². The van der Waals surface area contributed by atoms with E-state index in [-0.39, 0.29) is 0 Å². The fourth-order valence-corrected chi connectivity index (χ4v) is 2.37. The third-order valence-corrected chi connectivity index (χ3v) is 3.63. The molecule has 4 heteroatoms. The summed E-state index contributed by atoms with van der Waals surface area (Å²) in [5.74, 6) is 0.620. The smallest absolute Gasteiger partial charge is 0.183 e. The zero-order valence-electron chi connectivity index (χ0n) is 11.4. The minimum absolute atomic E-state index is 0.300. The molecular weight excluding hydrogens is 243 g/mol. The zero-order chi connectivity index (χ0) is 13.8. The van der Waals surface area contributed by atoms with Crippen molar-refractivity contribution in [2.45, 2.75) is 45.4 Å². The van der Waals surface area contributed by atoms with Gasteiger partial charge in [0.1, 0.15) is 0 Å². The highest BCUT2D eigenvalue weighted by Gasteiger charge is 2.40.